The van der Waals surface area contributed by atoms with E-state index < -0.39 is 16.1 Å². The fourth-order valence-electron chi connectivity index (χ4n) is 2.37. The van der Waals surface area contributed by atoms with Crippen molar-refractivity contribution in [2.45, 2.75) is 36.6 Å². The number of carbonyl (C=O) groups is 1. The lowest BCUT2D eigenvalue weighted by molar-refractivity contribution is -0.118. The summed E-state index contributed by atoms with van der Waals surface area (Å²) in [4.78, 5) is 13.8. The van der Waals surface area contributed by atoms with E-state index in [1.54, 1.807) is 43.8 Å². The number of hydrogen-bond acceptors (Lipinski definition) is 4. The maximum absolute atomic E-state index is 12.7. The van der Waals surface area contributed by atoms with Gasteiger partial charge in [-0.2, -0.15) is 4.72 Å². The van der Waals surface area contributed by atoms with E-state index in [2.05, 4.69) is 10.0 Å². The molecule has 0 saturated carbocycles. The molecule has 2 aromatic carbocycles. The molecule has 7 heteroatoms. The summed E-state index contributed by atoms with van der Waals surface area (Å²) in [5, 5.41) is 2.80. The highest BCUT2D eigenvalue weighted by Crippen LogP contribution is 2.20. The van der Waals surface area contributed by atoms with Crippen LogP contribution in [0.2, 0.25) is 0 Å². The molecule has 0 unspecified atom stereocenters. The number of nitrogens with one attached hydrogen (secondary N) is 2. The Morgan fingerprint density at radius 3 is 2.31 bits per heavy atom. The van der Waals surface area contributed by atoms with Gasteiger partial charge in [0.05, 0.1) is 4.90 Å². The molecule has 0 radical (unpaired) electrons. The minimum Gasteiger partial charge on any atom is -0.325 e. The highest BCUT2D eigenvalue weighted by molar-refractivity contribution is 7.98. The first-order chi connectivity index (χ1) is 12.2. The number of thioether (sulfide) groups is 1. The molecule has 140 valence electrons. The molecule has 2 rings (SSSR count). The van der Waals surface area contributed by atoms with Crippen LogP contribution >= 0.6 is 11.8 Å². The molecule has 0 heterocycles. The van der Waals surface area contributed by atoms with Gasteiger partial charge in [0.15, 0.2) is 0 Å². The number of carbonyl (C=O) groups excluding carboxylic acids is 1. The van der Waals surface area contributed by atoms with Gasteiger partial charge in [0.1, 0.15) is 6.04 Å². The Balaban J connectivity index is 2.19. The van der Waals surface area contributed by atoms with Crippen LogP contribution < -0.4 is 10.0 Å². The van der Waals surface area contributed by atoms with Gasteiger partial charge in [0, 0.05) is 10.6 Å². The summed E-state index contributed by atoms with van der Waals surface area (Å²) in [7, 11) is -3.79. The second kappa shape index (κ2) is 8.70. The van der Waals surface area contributed by atoms with Crippen molar-refractivity contribution in [1.82, 2.24) is 4.72 Å². The van der Waals surface area contributed by atoms with Crippen LogP contribution in [0.15, 0.2) is 58.3 Å². The standard InChI is InChI=1S/C19H24N2O3S2/c1-13(2)18(19(22)20-15-6-5-7-16(12-15)25-4)21-26(23,24)17-10-8-14(3)9-11-17/h5-13,18,21H,1-4H3,(H,20,22)/t18-/m1/s1. The van der Waals surface area contributed by atoms with Crippen LogP contribution in [-0.4, -0.2) is 26.6 Å². The van der Waals surface area contributed by atoms with Crippen molar-refractivity contribution in [2.24, 2.45) is 5.92 Å². The maximum Gasteiger partial charge on any atom is 0.242 e. The van der Waals surface area contributed by atoms with Crippen LogP contribution in [0.25, 0.3) is 0 Å². The van der Waals surface area contributed by atoms with Crippen molar-refractivity contribution < 1.29 is 13.2 Å². The average Bonchev–Trinajstić information content (AvgIpc) is 2.60. The van der Waals surface area contributed by atoms with Crippen molar-refractivity contribution in [2.75, 3.05) is 11.6 Å². The Bertz CT molecular complexity index is 863. The minimum atomic E-state index is -3.79. The molecular weight excluding hydrogens is 368 g/mol. The summed E-state index contributed by atoms with van der Waals surface area (Å²) in [6.45, 7) is 5.50. The molecule has 0 saturated heterocycles. The smallest absolute Gasteiger partial charge is 0.242 e. The first-order valence-corrected chi connectivity index (χ1v) is 11.0. The fraction of sp³-hybridized carbons (Fsp3) is 0.316. The van der Waals surface area contributed by atoms with Crippen LogP contribution in [0.5, 0.6) is 0 Å². The molecule has 0 fully saturated rings. The predicted octanol–water partition coefficient (Wildman–Crippen LogP) is 3.66. The normalized spacial score (nSPS) is 12.8. The third-order valence-electron chi connectivity index (χ3n) is 3.90. The Morgan fingerprint density at radius 1 is 1.08 bits per heavy atom. The van der Waals surface area contributed by atoms with Crippen molar-refractivity contribution in [3.05, 3.63) is 54.1 Å². The zero-order valence-electron chi connectivity index (χ0n) is 15.3. The zero-order chi connectivity index (χ0) is 19.3. The van der Waals surface area contributed by atoms with Crippen LogP contribution in [-0.2, 0) is 14.8 Å². The van der Waals surface area contributed by atoms with Gasteiger partial charge < -0.3 is 5.32 Å². The quantitative estimate of drug-likeness (QED) is 0.705. The SMILES string of the molecule is CSc1cccc(NC(=O)[C@H](NS(=O)(=O)c2ccc(C)cc2)C(C)C)c1. The van der Waals surface area contributed by atoms with E-state index in [1.807, 2.05) is 31.4 Å². The molecule has 2 aromatic rings. The van der Waals surface area contributed by atoms with Crippen molar-refractivity contribution >= 4 is 33.4 Å². The third-order valence-corrected chi connectivity index (χ3v) is 6.08. The van der Waals surface area contributed by atoms with E-state index in [0.29, 0.717) is 5.69 Å². The van der Waals surface area contributed by atoms with E-state index in [1.165, 1.54) is 12.1 Å². The van der Waals surface area contributed by atoms with E-state index in [-0.39, 0.29) is 16.7 Å². The number of rotatable bonds is 7. The fourth-order valence-corrected chi connectivity index (χ4v) is 4.17. The molecule has 0 spiro atoms. The van der Waals surface area contributed by atoms with Gasteiger partial charge in [-0.1, -0.05) is 37.6 Å². The monoisotopic (exact) mass is 392 g/mol. The highest BCUT2D eigenvalue weighted by atomic mass is 32.2. The molecular formula is C19H24N2O3S2. The first kappa shape index (κ1) is 20.5. The summed E-state index contributed by atoms with van der Waals surface area (Å²) in [5.41, 5.74) is 1.61. The van der Waals surface area contributed by atoms with Crippen molar-refractivity contribution in [3.63, 3.8) is 0 Å². The van der Waals surface area contributed by atoms with Gasteiger partial charge in [-0.15, -0.1) is 11.8 Å². The van der Waals surface area contributed by atoms with Gasteiger partial charge in [-0.25, -0.2) is 8.42 Å². The van der Waals surface area contributed by atoms with E-state index in [0.717, 1.165) is 10.5 Å². The number of sulfonamides is 1. The highest BCUT2D eigenvalue weighted by Gasteiger charge is 2.28. The maximum atomic E-state index is 12.7. The third kappa shape index (κ3) is 5.33. The zero-order valence-corrected chi connectivity index (χ0v) is 16.9. The van der Waals surface area contributed by atoms with E-state index in [9.17, 15) is 13.2 Å². The summed E-state index contributed by atoms with van der Waals surface area (Å²) in [6, 6.07) is 13.1. The van der Waals surface area contributed by atoms with Crippen LogP contribution in [0.3, 0.4) is 0 Å². The Labute approximate surface area is 159 Å². The molecule has 0 aliphatic carbocycles. The molecule has 26 heavy (non-hydrogen) atoms. The first-order valence-electron chi connectivity index (χ1n) is 8.27. The second-order valence-electron chi connectivity index (χ2n) is 6.38. The summed E-state index contributed by atoms with van der Waals surface area (Å²) in [5.74, 6) is -0.590. The molecule has 2 N–H and O–H groups in total. The van der Waals surface area contributed by atoms with Crippen LogP contribution in [0.4, 0.5) is 5.69 Å². The van der Waals surface area contributed by atoms with Gasteiger partial charge in [-0.05, 0) is 49.4 Å². The molecule has 5 nitrogen and oxygen atoms in total. The van der Waals surface area contributed by atoms with Crippen LogP contribution in [0.1, 0.15) is 19.4 Å². The summed E-state index contributed by atoms with van der Waals surface area (Å²) >= 11 is 1.57. The predicted molar refractivity (Wildman–Crippen MR) is 107 cm³/mol. The average molecular weight is 393 g/mol. The number of benzene rings is 2. The largest absolute Gasteiger partial charge is 0.325 e. The van der Waals surface area contributed by atoms with Gasteiger partial charge in [0.25, 0.3) is 0 Å². The molecule has 0 aliphatic rings. The number of anilines is 1. The lowest BCUT2D eigenvalue weighted by Crippen LogP contribution is -2.47. The summed E-state index contributed by atoms with van der Waals surface area (Å²) < 4.78 is 27.8. The Kier molecular flexibility index (Phi) is 6.86. The molecule has 0 aliphatic heterocycles. The van der Waals surface area contributed by atoms with Crippen molar-refractivity contribution in [3.8, 4) is 0 Å². The number of amides is 1. The molecule has 1 atom stereocenters. The van der Waals surface area contributed by atoms with Gasteiger partial charge >= 0.3 is 0 Å². The van der Waals surface area contributed by atoms with Crippen molar-refractivity contribution in [1.29, 1.82) is 0 Å². The van der Waals surface area contributed by atoms with E-state index >= 15 is 0 Å². The van der Waals surface area contributed by atoms with E-state index in [4.69, 9.17) is 0 Å². The van der Waals surface area contributed by atoms with Crippen LogP contribution in [0, 0.1) is 12.8 Å². The van der Waals surface area contributed by atoms with Gasteiger partial charge in [-0.3, -0.25) is 4.79 Å². The molecule has 1 amide bonds. The van der Waals surface area contributed by atoms with Gasteiger partial charge in [0.2, 0.25) is 15.9 Å². The lowest BCUT2D eigenvalue weighted by Gasteiger charge is -2.22. The molecule has 0 aromatic heterocycles. The Hall–Kier alpha value is -1.83. The topological polar surface area (TPSA) is 75.3 Å². The minimum absolute atomic E-state index is 0.144. The lowest BCUT2D eigenvalue weighted by atomic mass is 10.0. The Morgan fingerprint density at radius 2 is 1.73 bits per heavy atom. The number of aryl methyl sites for hydroxylation is 1. The molecule has 0 bridgehead atoms. The summed E-state index contributed by atoms with van der Waals surface area (Å²) in [6.07, 6.45) is 1.95. The second-order valence-corrected chi connectivity index (χ2v) is 8.97. The number of hydrogen-bond donors (Lipinski definition) is 2.